The normalized spacial score (nSPS) is 11.6. The van der Waals surface area contributed by atoms with Crippen molar-refractivity contribution in [1.29, 1.82) is 5.26 Å². The Hall–Kier alpha value is -1.89. The first kappa shape index (κ1) is 11.2. The number of nitrogens with zero attached hydrogens (tertiary/aromatic N) is 2. The van der Waals surface area contributed by atoms with E-state index in [1.54, 1.807) is 12.1 Å². The van der Waals surface area contributed by atoms with Gasteiger partial charge in [0.2, 0.25) is 5.91 Å². The number of carbonyl (C=O) groups is 1. The second kappa shape index (κ2) is 4.56. The van der Waals surface area contributed by atoms with E-state index in [2.05, 4.69) is 0 Å². The van der Waals surface area contributed by atoms with Crippen molar-refractivity contribution in [2.75, 3.05) is 11.9 Å². The van der Waals surface area contributed by atoms with Gasteiger partial charge in [0.1, 0.15) is 11.7 Å². The highest BCUT2D eigenvalue weighted by molar-refractivity contribution is 5.95. The molecule has 0 aliphatic rings. The van der Waals surface area contributed by atoms with Crippen molar-refractivity contribution in [2.45, 2.75) is 6.92 Å². The van der Waals surface area contributed by atoms with Gasteiger partial charge in [-0.2, -0.15) is 5.26 Å². The fourth-order valence-corrected chi connectivity index (χ4v) is 1.19. The largest absolute Gasteiger partial charge is 0.312 e. The van der Waals surface area contributed by atoms with Crippen LogP contribution in [0.15, 0.2) is 24.3 Å². The van der Waals surface area contributed by atoms with E-state index in [9.17, 15) is 9.18 Å². The van der Waals surface area contributed by atoms with E-state index in [1.807, 2.05) is 6.07 Å². The highest BCUT2D eigenvalue weighted by Crippen LogP contribution is 2.18. The van der Waals surface area contributed by atoms with Crippen molar-refractivity contribution < 1.29 is 9.18 Å². The molecule has 0 saturated carbocycles. The minimum atomic E-state index is -0.769. The molecule has 0 heterocycles. The Balaban J connectivity index is 2.96. The lowest BCUT2D eigenvalue weighted by Crippen LogP contribution is -2.31. The minimum absolute atomic E-state index is 0.185. The van der Waals surface area contributed by atoms with Crippen LogP contribution in [-0.2, 0) is 4.79 Å². The Morgan fingerprint density at radius 1 is 1.53 bits per heavy atom. The molecule has 0 spiro atoms. The molecule has 0 aliphatic heterocycles. The van der Waals surface area contributed by atoms with Gasteiger partial charge in [0.05, 0.1) is 11.8 Å². The standard InChI is InChI=1S/C11H11FN2O/c1-8(7-13)11(15)14(2)10-6-4-3-5-9(10)12/h3-6,8H,1-2H3. The number of hydrogen-bond donors (Lipinski definition) is 0. The van der Waals surface area contributed by atoms with E-state index in [1.165, 1.54) is 26.1 Å². The molecule has 3 nitrogen and oxygen atoms in total. The Bertz CT molecular complexity index is 411. The van der Waals surface area contributed by atoms with Crippen LogP contribution in [0.1, 0.15) is 6.92 Å². The summed E-state index contributed by atoms with van der Waals surface area (Å²) >= 11 is 0. The third-order valence-corrected chi connectivity index (χ3v) is 2.11. The molecule has 1 aromatic carbocycles. The fourth-order valence-electron chi connectivity index (χ4n) is 1.19. The number of rotatable bonds is 2. The molecule has 0 aromatic heterocycles. The smallest absolute Gasteiger partial charge is 0.243 e. The van der Waals surface area contributed by atoms with Gasteiger partial charge in [-0.15, -0.1) is 0 Å². The van der Waals surface area contributed by atoms with Crippen LogP contribution in [0.4, 0.5) is 10.1 Å². The first-order chi connectivity index (χ1) is 7.07. The molecule has 0 fully saturated rings. The molecule has 0 N–H and O–H groups in total. The molecule has 15 heavy (non-hydrogen) atoms. The number of carbonyl (C=O) groups excluding carboxylic acids is 1. The summed E-state index contributed by atoms with van der Waals surface area (Å²) in [5.41, 5.74) is 0.185. The molecule has 1 rings (SSSR count). The number of nitriles is 1. The highest BCUT2D eigenvalue weighted by Gasteiger charge is 2.19. The first-order valence-electron chi connectivity index (χ1n) is 4.49. The van der Waals surface area contributed by atoms with Crippen LogP contribution in [0, 0.1) is 23.1 Å². The second-order valence-corrected chi connectivity index (χ2v) is 3.20. The molecular formula is C11H11FN2O. The Morgan fingerprint density at radius 3 is 2.67 bits per heavy atom. The molecule has 0 bridgehead atoms. The van der Waals surface area contributed by atoms with Gasteiger partial charge in [-0.25, -0.2) is 4.39 Å². The zero-order valence-corrected chi connectivity index (χ0v) is 8.57. The Labute approximate surface area is 87.7 Å². The van der Waals surface area contributed by atoms with Crippen molar-refractivity contribution in [2.24, 2.45) is 5.92 Å². The van der Waals surface area contributed by atoms with Crippen LogP contribution in [-0.4, -0.2) is 13.0 Å². The first-order valence-corrected chi connectivity index (χ1v) is 4.49. The maximum Gasteiger partial charge on any atom is 0.243 e. The molecule has 1 amide bonds. The quantitative estimate of drug-likeness (QED) is 0.742. The van der Waals surface area contributed by atoms with Crippen LogP contribution < -0.4 is 4.90 Å². The van der Waals surface area contributed by atoms with Crippen LogP contribution in [0.2, 0.25) is 0 Å². The zero-order chi connectivity index (χ0) is 11.4. The summed E-state index contributed by atoms with van der Waals surface area (Å²) in [5.74, 6) is -1.66. The number of para-hydroxylation sites is 1. The lowest BCUT2D eigenvalue weighted by molar-refractivity contribution is -0.120. The van der Waals surface area contributed by atoms with Crippen LogP contribution in [0.5, 0.6) is 0 Å². The summed E-state index contributed by atoms with van der Waals surface area (Å²) < 4.78 is 13.3. The van der Waals surface area contributed by atoms with Gasteiger partial charge in [0, 0.05) is 7.05 Å². The van der Waals surface area contributed by atoms with Crippen LogP contribution in [0.3, 0.4) is 0 Å². The predicted octanol–water partition coefficient (Wildman–Crippen LogP) is 1.95. The van der Waals surface area contributed by atoms with E-state index < -0.39 is 17.6 Å². The lowest BCUT2D eigenvalue weighted by Gasteiger charge is -2.18. The molecule has 4 heteroatoms. The lowest BCUT2D eigenvalue weighted by atomic mass is 10.1. The summed E-state index contributed by atoms with van der Waals surface area (Å²) in [6, 6.07) is 7.78. The van der Waals surface area contributed by atoms with Crippen LogP contribution in [0.25, 0.3) is 0 Å². The van der Waals surface area contributed by atoms with Gasteiger partial charge in [0.25, 0.3) is 0 Å². The van der Waals surface area contributed by atoms with Gasteiger partial charge in [-0.3, -0.25) is 4.79 Å². The molecule has 0 aliphatic carbocycles. The fraction of sp³-hybridized carbons (Fsp3) is 0.273. The average molecular weight is 206 g/mol. The van der Waals surface area contributed by atoms with E-state index in [0.717, 1.165) is 4.90 Å². The third kappa shape index (κ3) is 2.32. The SMILES string of the molecule is CC(C#N)C(=O)N(C)c1ccccc1F. The predicted molar refractivity (Wildman–Crippen MR) is 54.6 cm³/mol. The Morgan fingerprint density at radius 2 is 2.13 bits per heavy atom. The molecule has 1 aromatic rings. The topological polar surface area (TPSA) is 44.1 Å². The van der Waals surface area contributed by atoms with Crippen molar-refractivity contribution in [3.63, 3.8) is 0 Å². The summed E-state index contributed by atoms with van der Waals surface area (Å²) in [7, 11) is 1.45. The summed E-state index contributed by atoms with van der Waals surface area (Å²) in [6.45, 7) is 1.49. The van der Waals surface area contributed by atoms with Gasteiger partial charge < -0.3 is 4.90 Å². The number of anilines is 1. The summed E-state index contributed by atoms with van der Waals surface area (Å²) in [6.07, 6.45) is 0. The van der Waals surface area contributed by atoms with Crippen LogP contribution >= 0.6 is 0 Å². The molecule has 0 saturated heterocycles. The zero-order valence-electron chi connectivity index (χ0n) is 8.57. The van der Waals surface area contributed by atoms with Crippen molar-refractivity contribution in [3.8, 4) is 6.07 Å². The summed E-state index contributed by atoms with van der Waals surface area (Å²) in [5, 5.41) is 8.58. The number of hydrogen-bond acceptors (Lipinski definition) is 2. The van der Waals surface area contributed by atoms with Gasteiger partial charge >= 0.3 is 0 Å². The van der Waals surface area contributed by atoms with Gasteiger partial charge in [0.15, 0.2) is 0 Å². The van der Waals surface area contributed by atoms with Crippen molar-refractivity contribution >= 4 is 11.6 Å². The number of benzene rings is 1. The molecular weight excluding hydrogens is 195 g/mol. The number of halogens is 1. The minimum Gasteiger partial charge on any atom is -0.312 e. The third-order valence-electron chi connectivity index (χ3n) is 2.11. The maximum absolute atomic E-state index is 13.3. The molecule has 0 radical (unpaired) electrons. The maximum atomic E-state index is 13.3. The highest BCUT2D eigenvalue weighted by atomic mass is 19.1. The monoisotopic (exact) mass is 206 g/mol. The van der Waals surface area contributed by atoms with E-state index in [-0.39, 0.29) is 5.69 Å². The van der Waals surface area contributed by atoms with Crippen molar-refractivity contribution in [3.05, 3.63) is 30.1 Å². The molecule has 1 atom stereocenters. The van der Waals surface area contributed by atoms with E-state index in [4.69, 9.17) is 5.26 Å². The van der Waals surface area contributed by atoms with Crippen molar-refractivity contribution in [1.82, 2.24) is 0 Å². The Kier molecular flexibility index (Phi) is 3.40. The molecule has 1 unspecified atom stereocenters. The van der Waals surface area contributed by atoms with E-state index >= 15 is 0 Å². The molecule has 78 valence electrons. The second-order valence-electron chi connectivity index (χ2n) is 3.20. The summed E-state index contributed by atoms with van der Waals surface area (Å²) in [4.78, 5) is 12.7. The van der Waals surface area contributed by atoms with E-state index in [0.29, 0.717) is 0 Å². The number of amides is 1. The van der Waals surface area contributed by atoms with Gasteiger partial charge in [-0.1, -0.05) is 12.1 Å². The average Bonchev–Trinajstić information content (AvgIpc) is 2.26. The van der Waals surface area contributed by atoms with Gasteiger partial charge in [-0.05, 0) is 19.1 Å².